The third kappa shape index (κ3) is 5.21. The first-order valence-electron chi connectivity index (χ1n) is 8.11. The second-order valence-corrected chi connectivity index (χ2v) is 6.97. The van der Waals surface area contributed by atoms with E-state index in [4.69, 9.17) is 4.74 Å². The number of rotatable bonds is 6. The monoisotopic (exact) mass is 424 g/mol. The zero-order valence-electron chi connectivity index (χ0n) is 14.0. The van der Waals surface area contributed by atoms with Gasteiger partial charge in [-0.2, -0.15) is 0 Å². The third-order valence-corrected chi connectivity index (χ3v) is 4.99. The number of carbonyl (C=O) groups is 1. The van der Waals surface area contributed by atoms with Crippen molar-refractivity contribution in [3.8, 4) is 5.75 Å². The average molecular weight is 426 g/mol. The molecule has 2 N–H and O–H groups in total. The summed E-state index contributed by atoms with van der Waals surface area (Å²) in [5.74, 6) is 1.26. The number of hydrogen-bond acceptors (Lipinski definition) is 3. The lowest BCUT2D eigenvalue weighted by atomic mass is 9.88. The van der Waals surface area contributed by atoms with Crippen molar-refractivity contribution in [1.82, 2.24) is 5.32 Å². The molecule has 2 aromatic rings. The highest BCUT2D eigenvalue weighted by molar-refractivity contribution is 9.10. The van der Waals surface area contributed by atoms with E-state index in [1.807, 2.05) is 55.5 Å². The Hall–Kier alpha value is -1.56. The zero-order chi connectivity index (χ0) is 16.9. The molecule has 0 saturated carbocycles. The highest BCUT2D eigenvalue weighted by Gasteiger charge is 2.28. The second-order valence-electron chi connectivity index (χ2n) is 6.12. The summed E-state index contributed by atoms with van der Waals surface area (Å²) in [6, 6.07) is 15.6. The number of amides is 1. The van der Waals surface area contributed by atoms with Gasteiger partial charge in [-0.1, -0.05) is 37.3 Å². The number of nitrogens with one attached hydrogen (secondary N) is 2. The summed E-state index contributed by atoms with van der Waals surface area (Å²) < 4.78 is 6.66. The fourth-order valence-corrected chi connectivity index (χ4v) is 3.06. The molecule has 0 bridgehead atoms. The number of carbonyl (C=O) groups excluding carboxylic acids is 1. The molecule has 1 fully saturated rings. The van der Waals surface area contributed by atoms with E-state index in [1.165, 1.54) is 0 Å². The predicted molar refractivity (Wildman–Crippen MR) is 106 cm³/mol. The Morgan fingerprint density at radius 3 is 2.60 bits per heavy atom. The van der Waals surface area contributed by atoms with Crippen molar-refractivity contribution in [3.05, 3.63) is 58.6 Å². The maximum absolute atomic E-state index is 12.3. The first-order valence-corrected chi connectivity index (χ1v) is 8.90. The molecule has 25 heavy (non-hydrogen) atoms. The van der Waals surface area contributed by atoms with Crippen LogP contribution in [0.5, 0.6) is 5.75 Å². The van der Waals surface area contributed by atoms with E-state index in [-0.39, 0.29) is 24.2 Å². The summed E-state index contributed by atoms with van der Waals surface area (Å²) in [5, 5.41) is 6.18. The van der Waals surface area contributed by atoms with Gasteiger partial charge in [-0.3, -0.25) is 4.79 Å². The summed E-state index contributed by atoms with van der Waals surface area (Å²) in [6.07, 6.45) is 0. The topological polar surface area (TPSA) is 50.4 Å². The summed E-state index contributed by atoms with van der Waals surface area (Å²) >= 11 is 3.52. The molecular weight excluding hydrogens is 404 g/mol. The van der Waals surface area contributed by atoms with Crippen LogP contribution >= 0.6 is 28.3 Å². The molecule has 1 amide bonds. The largest absolute Gasteiger partial charge is 0.488 e. The van der Waals surface area contributed by atoms with Crippen LogP contribution in [0.4, 0.5) is 5.69 Å². The Morgan fingerprint density at radius 1 is 1.28 bits per heavy atom. The maximum atomic E-state index is 12.3. The minimum Gasteiger partial charge on any atom is -0.488 e. The minimum atomic E-state index is 0. The number of ether oxygens (including phenoxy) is 1. The van der Waals surface area contributed by atoms with Crippen LogP contribution in [-0.4, -0.2) is 19.0 Å². The Morgan fingerprint density at radius 2 is 2.00 bits per heavy atom. The fourth-order valence-electron chi connectivity index (χ4n) is 2.57. The minimum absolute atomic E-state index is 0. The molecule has 4 nitrogen and oxygen atoms in total. The zero-order valence-corrected chi connectivity index (χ0v) is 16.4. The highest BCUT2D eigenvalue weighted by Crippen LogP contribution is 2.29. The molecular formula is C19H22BrClN2O2. The van der Waals surface area contributed by atoms with Crippen LogP contribution in [0.15, 0.2) is 53.0 Å². The van der Waals surface area contributed by atoms with E-state index in [1.54, 1.807) is 0 Å². The quantitative estimate of drug-likeness (QED) is 0.727. The Bertz CT molecular complexity index is 708. The summed E-state index contributed by atoms with van der Waals surface area (Å²) in [5.41, 5.74) is 1.89. The summed E-state index contributed by atoms with van der Waals surface area (Å²) in [7, 11) is 0. The Balaban J connectivity index is 0.00000225. The average Bonchev–Trinajstić information content (AvgIpc) is 2.53. The number of benzene rings is 2. The van der Waals surface area contributed by atoms with Crippen molar-refractivity contribution in [2.24, 2.45) is 11.8 Å². The number of hydrogen-bond donors (Lipinski definition) is 2. The van der Waals surface area contributed by atoms with Crippen LogP contribution in [0.25, 0.3) is 0 Å². The molecule has 3 rings (SSSR count). The van der Waals surface area contributed by atoms with Gasteiger partial charge < -0.3 is 15.4 Å². The van der Waals surface area contributed by atoms with Crippen molar-refractivity contribution in [2.75, 3.05) is 18.4 Å². The third-order valence-electron chi connectivity index (χ3n) is 4.37. The number of anilines is 1. The van der Waals surface area contributed by atoms with Crippen LogP contribution in [-0.2, 0) is 11.4 Å². The van der Waals surface area contributed by atoms with Gasteiger partial charge in [-0.05, 0) is 58.7 Å². The van der Waals surface area contributed by atoms with Crippen molar-refractivity contribution >= 4 is 39.9 Å². The fraction of sp³-hybridized carbons (Fsp3) is 0.316. The van der Waals surface area contributed by atoms with Crippen LogP contribution in [0, 0.1) is 11.8 Å². The van der Waals surface area contributed by atoms with Gasteiger partial charge in [0.1, 0.15) is 12.4 Å². The maximum Gasteiger partial charge on any atom is 0.227 e. The lowest BCUT2D eigenvalue weighted by Crippen LogP contribution is -2.48. The Labute approximate surface area is 162 Å². The molecule has 0 aliphatic carbocycles. The van der Waals surface area contributed by atoms with Gasteiger partial charge >= 0.3 is 0 Å². The van der Waals surface area contributed by atoms with Crippen molar-refractivity contribution < 1.29 is 9.53 Å². The summed E-state index contributed by atoms with van der Waals surface area (Å²) in [6.45, 7) is 4.33. The molecule has 1 atom stereocenters. The van der Waals surface area contributed by atoms with Gasteiger partial charge in [0, 0.05) is 11.6 Å². The Kier molecular flexibility index (Phi) is 7.29. The molecule has 1 aliphatic rings. The van der Waals surface area contributed by atoms with Crippen LogP contribution in [0.1, 0.15) is 12.5 Å². The van der Waals surface area contributed by atoms with E-state index in [0.29, 0.717) is 12.5 Å². The smallest absolute Gasteiger partial charge is 0.227 e. The van der Waals surface area contributed by atoms with Crippen LogP contribution < -0.4 is 15.4 Å². The SMILES string of the molecule is CC(C(=O)Nc1ccc(OCc2ccccc2)c(Br)c1)C1CNC1.Cl. The molecule has 1 unspecified atom stereocenters. The van der Waals surface area contributed by atoms with Gasteiger partial charge in [-0.15, -0.1) is 12.4 Å². The van der Waals surface area contributed by atoms with Crippen LogP contribution in [0.3, 0.4) is 0 Å². The normalized spacial score (nSPS) is 14.8. The van der Waals surface area contributed by atoms with E-state index in [0.717, 1.165) is 34.6 Å². The van der Waals surface area contributed by atoms with Gasteiger partial charge in [-0.25, -0.2) is 0 Å². The highest BCUT2D eigenvalue weighted by atomic mass is 79.9. The second kappa shape index (κ2) is 9.22. The molecule has 2 aromatic carbocycles. The van der Waals surface area contributed by atoms with E-state index >= 15 is 0 Å². The molecule has 1 heterocycles. The van der Waals surface area contributed by atoms with Gasteiger partial charge in [0.05, 0.1) is 4.47 Å². The molecule has 0 aromatic heterocycles. The van der Waals surface area contributed by atoms with E-state index in [2.05, 4.69) is 26.6 Å². The first-order chi connectivity index (χ1) is 11.6. The first kappa shape index (κ1) is 19.8. The predicted octanol–water partition coefficient (Wildman–Crippen LogP) is 4.24. The van der Waals surface area contributed by atoms with Crippen molar-refractivity contribution in [1.29, 1.82) is 0 Å². The summed E-state index contributed by atoms with van der Waals surface area (Å²) in [4.78, 5) is 12.3. The number of halogens is 2. The standard InChI is InChI=1S/C19H21BrN2O2.ClH/c1-13(15-10-21-11-15)19(23)22-16-7-8-18(17(20)9-16)24-12-14-5-3-2-4-6-14;/h2-9,13,15,21H,10-12H2,1H3,(H,22,23);1H. The van der Waals surface area contributed by atoms with Crippen molar-refractivity contribution in [2.45, 2.75) is 13.5 Å². The van der Waals surface area contributed by atoms with Crippen LogP contribution in [0.2, 0.25) is 0 Å². The van der Waals surface area contributed by atoms with Crippen molar-refractivity contribution in [3.63, 3.8) is 0 Å². The van der Waals surface area contributed by atoms with E-state index in [9.17, 15) is 4.79 Å². The lowest BCUT2D eigenvalue weighted by Gasteiger charge is -2.31. The van der Waals surface area contributed by atoms with Gasteiger partial charge in [0.25, 0.3) is 0 Å². The molecule has 134 valence electrons. The lowest BCUT2D eigenvalue weighted by molar-refractivity contribution is -0.121. The molecule has 6 heteroatoms. The molecule has 0 radical (unpaired) electrons. The van der Waals surface area contributed by atoms with Gasteiger partial charge in [0.15, 0.2) is 0 Å². The van der Waals surface area contributed by atoms with E-state index < -0.39 is 0 Å². The van der Waals surface area contributed by atoms with Gasteiger partial charge in [0.2, 0.25) is 5.91 Å². The molecule has 1 saturated heterocycles. The molecule has 0 spiro atoms. The molecule has 1 aliphatic heterocycles.